The highest BCUT2D eigenvalue weighted by atomic mass is 19.1. The van der Waals surface area contributed by atoms with E-state index in [1.165, 1.54) is 6.07 Å². The molecule has 0 radical (unpaired) electrons. The van der Waals surface area contributed by atoms with Crippen LogP contribution < -0.4 is 0 Å². The molecule has 4 nitrogen and oxygen atoms in total. The fourth-order valence-electron chi connectivity index (χ4n) is 1.25. The maximum Gasteiger partial charge on any atom is 0.353 e. The molecule has 0 spiro atoms. The summed E-state index contributed by atoms with van der Waals surface area (Å²) < 4.78 is 25.9. The first-order valence-electron chi connectivity index (χ1n) is 4.31. The summed E-state index contributed by atoms with van der Waals surface area (Å²) in [6.45, 7) is 0. The van der Waals surface area contributed by atoms with Gasteiger partial charge in [0.05, 0.1) is 11.8 Å². The van der Waals surface area contributed by atoms with Gasteiger partial charge in [-0.25, -0.2) is 18.6 Å². The molecular weight excluding hydrogens is 218 g/mol. The molecule has 6 heteroatoms. The molecule has 2 rings (SSSR count). The van der Waals surface area contributed by atoms with E-state index >= 15 is 0 Å². The molecule has 2 N–H and O–H groups in total. The Labute approximate surface area is 88.6 Å². The maximum absolute atomic E-state index is 13.3. The van der Waals surface area contributed by atoms with Gasteiger partial charge < -0.3 is 10.1 Å². The minimum absolute atomic E-state index is 0.0221. The number of imidazole rings is 1. The average molecular weight is 224 g/mol. The van der Waals surface area contributed by atoms with Gasteiger partial charge in [-0.15, -0.1) is 0 Å². The minimum Gasteiger partial charge on any atom is -0.477 e. The van der Waals surface area contributed by atoms with E-state index in [-0.39, 0.29) is 17.1 Å². The zero-order valence-corrected chi connectivity index (χ0v) is 7.87. The number of hydrogen-bond donors (Lipinski definition) is 2. The van der Waals surface area contributed by atoms with Crippen molar-refractivity contribution in [3.8, 4) is 11.4 Å². The van der Waals surface area contributed by atoms with Crippen molar-refractivity contribution in [2.45, 2.75) is 0 Å². The number of nitrogens with zero attached hydrogens (tertiary/aromatic N) is 1. The van der Waals surface area contributed by atoms with E-state index < -0.39 is 17.6 Å². The van der Waals surface area contributed by atoms with Gasteiger partial charge in [-0.05, 0) is 12.1 Å². The van der Waals surface area contributed by atoms with Crippen molar-refractivity contribution in [2.24, 2.45) is 0 Å². The monoisotopic (exact) mass is 224 g/mol. The van der Waals surface area contributed by atoms with Crippen LogP contribution in [0.15, 0.2) is 24.4 Å². The van der Waals surface area contributed by atoms with Crippen LogP contribution in [-0.2, 0) is 0 Å². The molecule has 1 aromatic heterocycles. The van der Waals surface area contributed by atoms with Crippen molar-refractivity contribution in [1.82, 2.24) is 9.97 Å². The van der Waals surface area contributed by atoms with Gasteiger partial charge in [0, 0.05) is 6.07 Å². The van der Waals surface area contributed by atoms with Crippen LogP contribution in [0.3, 0.4) is 0 Å². The summed E-state index contributed by atoms with van der Waals surface area (Å²) in [6.07, 6.45) is 1.07. The Kier molecular flexibility index (Phi) is 2.40. The van der Waals surface area contributed by atoms with Crippen LogP contribution in [-0.4, -0.2) is 21.0 Å². The fourth-order valence-corrected chi connectivity index (χ4v) is 1.25. The number of hydrogen-bond acceptors (Lipinski definition) is 2. The minimum atomic E-state index is -1.19. The van der Waals surface area contributed by atoms with Gasteiger partial charge >= 0.3 is 5.97 Å². The number of aromatic nitrogens is 2. The SMILES string of the molecule is O=C(O)c1cnc(-c2ccc(F)cc2F)[nH]1. The number of aromatic carboxylic acids is 1. The van der Waals surface area contributed by atoms with Crippen LogP contribution in [0.25, 0.3) is 11.4 Å². The number of nitrogens with one attached hydrogen (secondary N) is 1. The Morgan fingerprint density at radius 1 is 1.38 bits per heavy atom. The van der Waals surface area contributed by atoms with Crippen molar-refractivity contribution in [3.63, 3.8) is 0 Å². The molecule has 16 heavy (non-hydrogen) atoms. The van der Waals surface area contributed by atoms with E-state index in [4.69, 9.17) is 5.11 Å². The van der Waals surface area contributed by atoms with Crippen molar-refractivity contribution < 1.29 is 18.7 Å². The van der Waals surface area contributed by atoms with Crippen molar-refractivity contribution in [2.75, 3.05) is 0 Å². The quantitative estimate of drug-likeness (QED) is 0.820. The lowest BCUT2D eigenvalue weighted by atomic mass is 10.2. The van der Waals surface area contributed by atoms with E-state index in [0.29, 0.717) is 6.07 Å². The summed E-state index contributed by atoms with van der Waals surface area (Å²) in [4.78, 5) is 16.7. The number of halogens is 2. The highest BCUT2D eigenvalue weighted by Crippen LogP contribution is 2.20. The Hall–Kier alpha value is -2.24. The van der Waals surface area contributed by atoms with Gasteiger partial charge in [-0.1, -0.05) is 0 Å². The molecule has 0 atom stereocenters. The van der Waals surface area contributed by atoms with Crippen LogP contribution in [0.2, 0.25) is 0 Å². The molecule has 0 aliphatic heterocycles. The Bertz CT molecular complexity index is 552. The first-order valence-corrected chi connectivity index (χ1v) is 4.31. The first kappa shape index (κ1) is 10.3. The molecule has 0 unspecified atom stereocenters. The fraction of sp³-hybridized carbons (Fsp3) is 0. The van der Waals surface area contributed by atoms with Crippen LogP contribution in [0, 0.1) is 11.6 Å². The van der Waals surface area contributed by atoms with E-state index in [2.05, 4.69) is 9.97 Å². The zero-order chi connectivity index (χ0) is 11.7. The number of rotatable bonds is 2. The topological polar surface area (TPSA) is 66.0 Å². The summed E-state index contributed by atoms with van der Waals surface area (Å²) in [5.74, 6) is -2.64. The van der Waals surface area contributed by atoms with E-state index in [1.54, 1.807) is 0 Å². The number of carboxylic acid groups (broad SMARTS) is 1. The zero-order valence-electron chi connectivity index (χ0n) is 7.87. The largest absolute Gasteiger partial charge is 0.477 e. The Morgan fingerprint density at radius 3 is 2.69 bits per heavy atom. The maximum atomic E-state index is 13.3. The molecule has 0 saturated carbocycles. The number of carboxylic acids is 1. The van der Waals surface area contributed by atoms with Gasteiger partial charge in [0.2, 0.25) is 0 Å². The molecule has 0 amide bonds. The molecule has 0 aliphatic rings. The van der Waals surface area contributed by atoms with Crippen LogP contribution in [0.4, 0.5) is 8.78 Å². The number of aromatic amines is 1. The summed E-state index contributed by atoms with van der Waals surface area (Å²) in [6, 6.07) is 2.97. The highest BCUT2D eigenvalue weighted by molar-refractivity contribution is 5.85. The second-order valence-corrected chi connectivity index (χ2v) is 3.07. The molecule has 0 saturated heterocycles. The third-order valence-electron chi connectivity index (χ3n) is 1.99. The summed E-state index contributed by atoms with van der Waals surface area (Å²) in [5.41, 5.74) is -0.132. The average Bonchev–Trinajstić information content (AvgIpc) is 2.66. The molecule has 2 aromatic rings. The standard InChI is InChI=1S/C10H6F2N2O2/c11-5-1-2-6(7(12)3-5)9-13-4-8(14-9)10(15)16/h1-4H,(H,13,14)(H,15,16). The summed E-state index contributed by atoms with van der Waals surface area (Å²) >= 11 is 0. The molecule has 0 bridgehead atoms. The van der Waals surface area contributed by atoms with Crippen LogP contribution >= 0.6 is 0 Å². The smallest absolute Gasteiger partial charge is 0.353 e. The van der Waals surface area contributed by atoms with Crippen molar-refractivity contribution in [1.29, 1.82) is 0 Å². The third-order valence-corrected chi connectivity index (χ3v) is 1.99. The lowest BCUT2D eigenvalue weighted by Gasteiger charge is -1.98. The van der Waals surface area contributed by atoms with Gasteiger partial charge in [0.1, 0.15) is 23.2 Å². The Morgan fingerprint density at radius 2 is 2.12 bits per heavy atom. The first-order chi connectivity index (χ1) is 7.58. The normalized spacial score (nSPS) is 10.4. The second-order valence-electron chi connectivity index (χ2n) is 3.07. The number of carbonyl (C=O) groups is 1. The number of H-pyrrole nitrogens is 1. The molecule has 0 aliphatic carbocycles. The molecule has 82 valence electrons. The lowest BCUT2D eigenvalue weighted by Crippen LogP contribution is -1.96. The summed E-state index contributed by atoms with van der Waals surface area (Å²) in [5, 5.41) is 8.63. The van der Waals surface area contributed by atoms with Gasteiger partial charge in [-0.3, -0.25) is 0 Å². The molecule has 1 heterocycles. The van der Waals surface area contributed by atoms with Crippen molar-refractivity contribution in [3.05, 3.63) is 41.7 Å². The third kappa shape index (κ3) is 1.77. The van der Waals surface area contributed by atoms with Crippen LogP contribution in [0.1, 0.15) is 10.5 Å². The molecule has 1 aromatic carbocycles. The molecular formula is C10H6F2N2O2. The highest BCUT2D eigenvalue weighted by Gasteiger charge is 2.12. The van der Waals surface area contributed by atoms with E-state index in [9.17, 15) is 13.6 Å². The lowest BCUT2D eigenvalue weighted by molar-refractivity contribution is 0.0691. The van der Waals surface area contributed by atoms with E-state index in [1.807, 2.05) is 0 Å². The predicted octanol–water partition coefficient (Wildman–Crippen LogP) is 2.05. The number of benzene rings is 1. The van der Waals surface area contributed by atoms with Gasteiger partial charge in [0.25, 0.3) is 0 Å². The summed E-state index contributed by atoms with van der Waals surface area (Å²) in [7, 11) is 0. The predicted molar refractivity (Wildman–Crippen MR) is 50.9 cm³/mol. The molecule has 0 fully saturated rings. The second kappa shape index (κ2) is 3.73. The van der Waals surface area contributed by atoms with Crippen LogP contribution in [0.5, 0.6) is 0 Å². The van der Waals surface area contributed by atoms with Gasteiger partial charge in [-0.2, -0.15) is 0 Å². The Balaban J connectivity index is 2.46. The van der Waals surface area contributed by atoms with Crippen molar-refractivity contribution >= 4 is 5.97 Å². The van der Waals surface area contributed by atoms with E-state index in [0.717, 1.165) is 12.3 Å². The van der Waals surface area contributed by atoms with Gasteiger partial charge in [0.15, 0.2) is 0 Å².